The lowest BCUT2D eigenvalue weighted by atomic mass is 9.94. The molecule has 5 heteroatoms. The fourth-order valence-electron chi connectivity index (χ4n) is 2.88. The lowest BCUT2D eigenvalue weighted by Gasteiger charge is -2.32. The molecule has 0 aromatic carbocycles. The highest BCUT2D eigenvalue weighted by molar-refractivity contribution is 5.92. The van der Waals surface area contributed by atoms with Crippen LogP contribution in [-0.4, -0.2) is 48.7 Å². The Kier molecular flexibility index (Phi) is 5.61. The van der Waals surface area contributed by atoms with Crippen LogP contribution in [-0.2, 0) is 11.3 Å². The number of carbonyl (C=O) groups excluding carboxylic acids is 1. The number of carbonyl (C=O) groups is 1. The SMILES string of the molecule is COCCn1cccc1C(=O)N1CCCC(CCN)C1. The van der Waals surface area contributed by atoms with Gasteiger partial charge in [-0.2, -0.15) is 0 Å². The highest BCUT2D eigenvalue weighted by Crippen LogP contribution is 2.21. The lowest BCUT2D eigenvalue weighted by Crippen LogP contribution is -2.41. The summed E-state index contributed by atoms with van der Waals surface area (Å²) in [5.41, 5.74) is 6.39. The van der Waals surface area contributed by atoms with Gasteiger partial charge >= 0.3 is 0 Å². The summed E-state index contributed by atoms with van der Waals surface area (Å²) in [6.45, 7) is 3.73. The minimum Gasteiger partial charge on any atom is -0.383 e. The second-order valence-corrected chi connectivity index (χ2v) is 5.42. The fourth-order valence-corrected chi connectivity index (χ4v) is 2.88. The van der Waals surface area contributed by atoms with Crippen LogP contribution in [0.5, 0.6) is 0 Å². The van der Waals surface area contributed by atoms with Crippen LogP contribution in [0.3, 0.4) is 0 Å². The predicted molar refractivity (Wildman–Crippen MR) is 78.6 cm³/mol. The van der Waals surface area contributed by atoms with E-state index in [2.05, 4.69) is 0 Å². The summed E-state index contributed by atoms with van der Waals surface area (Å²) in [7, 11) is 1.67. The largest absolute Gasteiger partial charge is 0.383 e. The molecule has 1 atom stereocenters. The number of methoxy groups -OCH3 is 1. The van der Waals surface area contributed by atoms with E-state index in [9.17, 15) is 4.79 Å². The Morgan fingerprint density at radius 2 is 2.40 bits per heavy atom. The molecular weight excluding hydrogens is 254 g/mol. The van der Waals surface area contributed by atoms with E-state index >= 15 is 0 Å². The second-order valence-electron chi connectivity index (χ2n) is 5.42. The number of aromatic nitrogens is 1. The lowest BCUT2D eigenvalue weighted by molar-refractivity contribution is 0.0656. The van der Waals surface area contributed by atoms with Crippen molar-refractivity contribution in [3.8, 4) is 0 Å². The maximum Gasteiger partial charge on any atom is 0.270 e. The Bertz CT molecular complexity index is 429. The van der Waals surface area contributed by atoms with Gasteiger partial charge < -0.3 is 19.9 Å². The minimum atomic E-state index is 0.132. The zero-order chi connectivity index (χ0) is 14.4. The molecule has 112 valence electrons. The molecule has 1 unspecified atom stereocenters. The van der Waals surface area contributed by atoms with Gasteiger partial charge in [0.1, 0.15) is 5.69 Å². The number of nitrogens with two attached hydrogens (primary N) is 1. The Labute approximate surface area is 120 Å². The van der Waals surface area contributed by atoms with Crippen LogP contribution in [0.1, 0.15) is 29.8 Å². The molecule has 2 heterocycles. The van der Waals surface area contributed by atoms with Gasteiger partial charge in [-0.1, -0.05) is 0 Å². The van der Waals surface area contributed by atoms with Gasteiger partial charge in [0.15, 0.2) is 0 Å². The molecule has 1 fully saturated rings. The number of nitrogens with zero attached hydrogens (tertiary/aromatic N) is 2. The van der Waals surface area contributed by atoms with Crippen LogP contribution >= 0.6 is 0 Å². The van der Waals surface area contributed by atoms with Crippen molar-refractivity contribution in [2.45, 2.75) is 25.8 Å². The number of rotatable bonds is 6. The van der Waals surface area contributed by atoms with E-state index in [0.29, 0.717) is 25.6 Å². The molecule has 0 saturated carbocycles. The van der Waals surface area contributed by atoms with E-state index < -0.39 is 0 Å². The summed E-state index contributed by atoms with van der Waals surface area (Å²) in [6, 6.07) is 3.81. The number of piperidine rings is 1. The first-order chi connectivity index (χ1) is 9.76. The van der Waals surface area contributed by atoms with Crippen LogP contribution in [0.25, 0.3) is 0 Å². The zero-order valence-corrected chi connectivity index (χ0v) is 12.3. The Hall–Kier alpha value is -1.33. The first kappa shape index (κ1) is 15.1. The maximum absolute atomic E-state index is 12.6. The van der Waals surface area contributed by atoms with Gasteiger partial charge in [-0.15, -0.1) is 0 Å². The van der Waals surface area contributed by atoms with Crippen molar-refractivity contribution in [2.75, 3.05) is 33.4 Å². The third kappa shape index (κ3) is 3.61. The topological polar surface area (TPSA) is 60.5 Å². The first-order valence-corrected chi connectivity index (χ1v) is 7.39. The zero-order valence-electron chi connectivity index (χ0n) is 12.3. The third-order valence-corrected chi connectivity index (χ3v) is 3.97. The van der Waals surface area contributed by atoms with Crippen molar-refractivity contribution in [1.82, 2.24) is 9.47 Å². The van der Waals surface area contributed by atoms with E-state index in [1.54, 1.807) is 7.11 Å². The summed E-state index contributed by atoms with van der Waals surface area (Å²) in [4.78, 5) is 14.6. The van der Waals surface area contributed by atoms with Crippen molar-refractivity contribution >= 4 is 5.91 Å². The molecule has 1 aliphatic rings. The monoisotopic (exact) mass is 279 g/mol. The molecule has 2 rings (SSSR count). The van der Waals surface area contributed by atoms with Gasteiger partial charge in [0.2, 0.25) is 0 Å². The number of hydrogen-bond donors (Lipinski definition) is 1. The predicted octanol–water partition coefficient (Wildman–Crippen LogP) is 1.34. The van der Waals surface area contributed by atoms with Crippen LogP contribution < -0.4 is 5.73 Å². The molecule has 1 aromatic rings. The first-order valence-electron chi connectivity index (χ1n) is 7.39. The molecule has 1 aromatic heterocycles. The summed E-state index contributed by atoms with van der Waals surface area (Å²) < 4.78 is 7.06. The normalized spacial score (nSPS) is 19.3. The van der Waals surface area contributed by atoms with E-state index in [1.165, 1.54) is 6.42 Å². The molecule has 0 spiro atoms. The van der Waals surface area contributed by atoms with Crippen LogP contribution in [0.2, 0.25) is 0 Å². The molecule has 1 aliphatic heterocycles. The average molecular weight is 279 g/mol. The minimum absolute atomic E-state index is 0.132. The Morgan fingerprint density at radius 1 is 1.55 bits per heavy atom. The number of hydrogen-bond acceptors (Lipinski definition) is 3. The molecule has 20 heavy (non-hydrogen) atoms. The van der Waals surface area contributed by atoms with Crippen LogP contribution in [0, 0.1) is 5.92 Å². The molecular formula is C15H25N3O2. The smallest absolute Gasteiger partial charge is 0.270 e. The van der Waals surface area contributed by atoms with Crippen molar-refractivity contribution in [3.63, 3.8) is 0 Å². The highest BCUT2D eigenvalue weighted by Gasteiger charge is 2.25. The van der Waals surface area contributed by atoms with Crippen molar-refractivity contribution in [1.29, 1.82) is 0 Å². The van der Waals surface area contributed by atoms with Crippen molar-refractivity contribution < 1.29 is 9.53 Å². The Balaban J connectivity index is 2.01. The van der Waals surface area contributed by atoms with Gasteiger partial charge in [-0.05, 0) is 43.9 Å². The van der Waals surface area contributed by atoms with Gasteiger partial charge in [0.05, 0.1) is 6.61 Å². The van der Waals surface area contributed by atoms with Gasteiger partial charge in [0.25, 0.3) is 5.91 Å². The number of ether oxygens (including phenoxy) is 1. The fraction of sp³-hybridized carbons (Fsp3) is 0.667. The summed E-state index contributed by atoms with van der Waals surface area (Å²) in [5, 5.41) is 0. The molecule has 5 nitrogen and oxygen atoms in total. The molecule has 0 bridgehead atoms. The highest BCUT2D eigenvalue weighted by atomic mass is 16.5. The quantitative estimate of drug-likeness (QED) is 0.854. The summed E-state index contributed by atoms with van der Waals surface area (Å²) in [6.07, 6.45) is 5.21. The van der Waals surface area contributed by atoms with Crippen molar-refractivity contribution in [3.05, 3.63) is 24.0 Å². The van der Waals surface area contributed by atoms with Crippen molar-refractivity contribution in [2.24, 2.45) is 11.7 Å². The summed E-state index contributed by atoms with van der Waals surface area (Å²) in [5.74, 6) is 0.688. The molecule has 1 saturated heterocycles. The number of likely N-dealkylation sites (tertiary alicyclic amines) is 1. The average Bonchev–Trinajstić information content (AvgIpc) is 2.93. The molecule has 0 radical (unpaired) electrons. The summed E-state index contributed by atoms with van der Waals surface area (Å²) >= 11 is 0. The molecule has 1 amide bonds. The van der Waals surface area contributed by atoms with Crippen LogP contribution in [0.15, 0.2) is 18.3 Å². The Morgan fingerprint density at radius 3 is 3.15 bits per heavy atom. The van der Waals surface area contributed by atoms with Gasteiger partial charge in [-0.3, -0.25) is 4.79 Å². The molecule has 2 N–H and O–H groups in total. The van der Waals surface area contributed by atoms with E-state index in [0.717, 1.165) is 31.6 Å². The maximum atomic E-state index is 12.6. The van der Waals surface area contributed by atoms with E-state index in [4.69, 9.17) is 10.5 Å². The van der Waals surface area contributed by atoms with E-state index in [-0.39, 0.29) is 5.91 Å². The molecule has 0 aliphatic carbocycles. The van der Waals surface area contributed by atoms with Crippen LogP contribution in [0.4, 0.5) is 0 Å². The van der Waals surface area contributed by atoms with Gasteiger partial charge in [0, 0.05) is 32.9 Å². The third-order valence-electron chi connectivity index (χ3n) is 3.97. The second kappa shape index (κ2) is 7.45. The standard InChI is InChI=1S/C15H25N3O2/c1-20-11-10-17-8-3-5-14(17)15(19)18-9-2-4-13(12-18)6-7-16/h3,5,8,13H,2,4,6-7,9-12,16H2,1H3. The number of amides is 1. The van der Waals surface area contributed by atoms with Gasteiger partial charge in [-0.25, -0.2) is 0 Å². The van der Waals surface area contributed by atoms with E-state index in [1.807, 2.05) is 27.8 Å².